The van der Waals surface area contributed by atoms with Gasteiger partial charge in [0.05, 0.1) is 17.2 Å². The van der Waals surface area contributed by atoms with Gasteiger partial charge in [-0.05, 0) is 58.1 Å². The Morgan fingerprint density at radius 3 is 1.54 bits per heavy atom. The van der Waals surface area contributed by atoms with E-state index >= 15 is 0 Å². The highest BCUT2D eigenvalue weighted by Crippen LogP contribution is 2.12. The van der Waals surface area contributed by atoms with Crippen molar-refractivity contribution in [2.75, 3.05) is 17.5 Å². The Kier molecular flexibility index (Phi) is 5.80. The monoisotopic (exact) mass is 488 g/mol. The van der Waals surface area contributed by atoms with Gasteiger partial charge >= 0.3 is 11.9 Å². The van der Waals surface area contributed by atoms with Gasteiger partial charge in [-0.1, -0.05) is 82.2 Å². The Morgan fingerprint density at radius 2 is 1.00 bits per heavy atom. The highest BCUT2D eigenvalue weighted by atomic mass is 15.7. The predicted molar refractivity (Wildman–Crippen MR) is 138 cm³/mol. The molecule has 180 valence electrons. The van der Waals surface area contributed by atoms with Gasteiger partial charge in [0.1, 0.15) is 22.7 Å². The van der Waals surface area contributed by atoms with Crippen molar-refractivity contribution in [3.05, 3.63) is 121 Å². The summed E-state index contributed by atoms with van der Waals surface area (Å²) < 4.78 is 3.52. The van der Waals surface area contributed by atoms with Crippen molar-refractivity contribution >= 4 is 11.9 Å². The second kappa shape index (κ2) is 9.70. The van der Waals surface area contributed by atoms with E-state index in [1.54, 1.807) is 24.0 Å². The molecular weight excluding hydrogens is 464 g/mol. The van der Waals surface area contributed by atoms with Gasteiger partial charge in [0.15, 0.2) is 0 Å². The summed E-state index contributed by atoms with van der Waals surface area (Å²) >= 11 is 0. The van der Waals surface area contributed by atoms with Gasteiger partial charge in [-0.25, -0.2) is 0 Å². The molecule has 10 nitrogen and oxygen atoms in total. The van der Waals surface area contributed by atoms with Crippen molar-refractivity contribution in [1.29, 1.82) is 0 Å². The number of rotatable bonds is 7. The first kappa shape index (κ1) is 22.1. The van der Waals surface area contributed by atoms with Crippen molar-refractivity contribution in [2.24, 2.45) is 0 Å². The van der Waals surface area contributed by atoms with Gasteiger partial charge in [0, 0.05) is 10.4 Å². The van der Waals surface area contributed by atoms with Crippen LogP contribution >= 0.6 is 0 Å². The number of anilines is 2. The average molecular weight is 489 g/mol. The van der Waals surface area contributed by atoms with Crippen LogP contribution in [0.2, 0.25) is 0 Å². The Morgan fingerprint density at radius 1 is 0.568 bits per heavy atom. The number of hydrogen-bond donors (Lipinski definition) is 1. The zero-order valence-electron chi connectivity index (χ0n) is 20.1. The summed E-state index contributed by atoms with van der Waals surface area (Å²) in [5.74, 6) is 1.07. The fourth-order valence-corrected chi connectivity index (χ4v) is 3.85. The van der Waals surface area contributed by atoms with E-state index in [1.165, 1.54) is 0 Å². The Hall–Kier alpha value is -5.38. The minimum absolute atomic E-state index is 0.506. The lowest BCUT2D eigenvalue weighted by molar-refractivity contribution is -0.651. The molecule has 0 spiro atoms. The maximum atomic E-state index is 4.79. The maximum absolute atomic E-state index is 4.79. The second-order valence-corrected chi connectivity index (χ2v) is 8.22. The van der Waals surface area contributed by atoms with E-state index < -0.39 is 0 Å². The van der Waals surface area contributed by atoms with Gasteiger partial charge in [0.2, 0.25) is 0 Å². The molecule has 0 aliphatic heterocycles. The lowest BCUT2D eigenvalue weighted by atomic mass is 10.3. The summed E-state index contributed by atoms with van der Waals surface area (Å²) in [7, 11) is 1.87. The molecule has 0 radical (unpaired) electrons. The lowest BCUT2D eigenvalue weighted by Gasteiger charge is -2.08. The summed E-state index contributed by atoms with van der Waals surface area (Å²) in [6.45, 7) is 0. The SMILES string of the molecule is CN(Nc1nn(-c2ccccc2)n[n+]1-c1ccccc1)c1nn(-c2ccccc2)n[n+]1-c1ccccc1. The summed E-state index contributed by atoms with van der Waals surface area (Å²) in [6.07, 6.45) is 0. The molecule has 0 aliphatic rings. The molecule has 4 aromatic carbocycles. The fraction of sp³-hybridized carbons (Fsp3) is 0.0370. The van der Waals surface area contributed by atoms with E-state index in [-0.39, 0.29) is 0 Å². The quantitative estimate of drug-likeness (QED) is 0.275. The Labute approximate surface area is 213 Å². The third-order valence-corrected chi connectivity index (χ3v) is 5.66. The Balaban J connectivity index is 1.42. The van der Waals surface area contributed by atoms with Crippen LogP contribution in [-0.2, 0) is 0 Å². The first-order chi connectivity index (χ1) is 18.3. The van der Waals surface area contributed by atoms with Crippen molar-refractivity contribution in [2.45, 2.75) is 0 Å². The number of benzene rings is 4. The molecule has 0 bridgehead atoms. The number of hydrogen-bond acceptors (Lipinski definition) is 6. The molecule has 0 saturated carbocycles. The summed E-state index contributed by atoms with van der Waals surface area (Å²) in [5.41, 5.74) is 6.79. The zero-order valence-corrected chi connectivity index (χ0v) is 20.1. The van der Waals surface area contributed by atoms with Gasteiger partial charge < -0.3 is 0 Å². The average Bonchev–Trinajstić information content (AvgIpc) is 3.60. The van der Waals surface area contributed by atoms with Crippen LogP contribution in [-0.4, -0.2) is 37.3 Å². The van der Waals surface area contributed by atoms with Crippen LogP contribution in [0.5, 0.6) is 0 Å². The van der Waals surface area contributed by atoms with Crippen LogP contribution in [0, 0.1) is 0 Å². The second-order valence-electron chi connectivity index (χ2n) is 8.22. The van der Waals surface area contributed by atoms with Gasteiger partial charge in [-0.15, -0.1) is 5.01 Å². The summed E-state index contributed by atoms with van der Waals surface area (Å²) in [5, 5.41) is 20.8. The van der Waals surface area contributed by atoms with Crippen LogP contribution in [0.1, 0.15) is 0 Å². The smallest absolute Gasteiger partial charge is 0.154 e. The number of aromatic nitrogens is 8. The molecule has 10 heteroatoms. The standard InChI is InChI=1S/C27H24N10/c1-33(27-30-37(25-20-12-5-13-21-25)32-35(27)23-16-8-3-9-17-23)28-26-29-36(24-18-10-4-11-19-24)31-34(26)22-14-6-2-7-15-22/h2-21H,1H3,(H,28,29,31)/q+2. The molecule has 0 amide bonds. The summed E-state index contributed by atoms with van der Waals surface area (Å²) in [4.78, 5) is 3.20. The highest BCUT2D eigenvalue weighted by molar-refractivity contribution is 5.38. The van der Waals surface area contributed by atoms with Crippen molar-refractivity contribution < 1.29 is 9.36 Å². The van der Waals surface area contributed by atoms with E-state index in [1.807, 2.05) is 128 Å². The van der Waals surface area contributed by atoms with E-state index in [0.717, 1.165) is 22.7 Å². The molecule has 1 N–H and O–H groups in total. The first-order valence-corrected chi connectivity index (χ1v) is 11.8. The number of nitrogens with zero attached hydrogens (tertiary/aromatic N) is 9. The van der Waals surface area contributed by atoms with Crippen molar-refractivity contribution in [3.63, 3.8) is 0 Å². The maximum Gasteiger partial charge on any atom is 0.435 e. The minimum atomic E-state index is 0.506. The molecule has 6 aromatic rings. The first-order valence-electron chi connectivity index (χ1n) is 11.8. The van der Waals surface area contributed by atoms with Crippen molar-refractivity contribution in [1.82, 2.24) is 30.2 Å². The predicted octanol–water partition coefficient (Wildman–Crippen LogP) is 2.86. The van der Waals surface area contributed by atoms with Gasteiger partial charge in [-0.2, -0.15) is 5.43 Å². The number of hydrazine groups is 1. The van der Waals surface area contributed by atoms with Crippen LogP contribution < -0.4 is 19.8 Å². The molecule has 37 heavy (non-hydrogen) atoms. The third-order valence-electron chi connectivity index (χ3n) is 5.66. The van der Waals surface area contributed by atoms with E-state index in [0.29, 0.717) is 11.9 Å². The van der Waals surface area contributed by atoms with Gasteiger partial charge in [0.25, 0.3) is 0 Å². The van der Waals surface area contributed by atoms with Crippen LogP contribution in [0.4, 0.5) is 11.9 Å². The number of nitrogens with one attached hydrogen (secondary N) is 1. The summed E-state index contributed by atoms with van der Waals surface area (Å²) in [6, 6.07) is 39.3. The fourth-order valence-electron chi connectivity index (χ4n) is 3.85. The minimum Gasteiger partial charge on any atom is -0.154 e. The van der Waals surface area contributed by atoms with E-state index in [9.17, 15) is 0 Å². The van der Waals surface area contributed by atoms with Crippen LogP contribution in [0.25, 0.3) is 22.7 Å². The highest BCUT2D eigenvalue weighted by Gasteiger charge is 2.30. The Bertz CT molecular complexity index is 1600. The molecule has 6 rings (SSSR count). The number of tetrazole rings is 2. The van der Waals surface area contributed by atoms with E-state index in [4.69, 9.17) is 20.6 Å². The van der Waals surface area contributed by atoms with Crippen LogP contribution in [0.15, 0.2) is 121 Å². The van der Waals surface area contributed by atoms with Crippen LogP contribution in [0.3, 0.4) is 0 Å². The molecule has 2 heterocycles. The molecule has 0 saturated heterocycles. The van der Waals surface area contributed by atoms with Crippen molar-refractivity contribution in [3.8, 4) is 22.7 Å². The molecule has 0 unspecified atom stereocenters. The zero-order chi connectivity index (χ0) is 25.0. The van der Waals surface area contributed by atoms with Gasteiger partial charge in [-0.3, -0.25) is 0 Å². The topological polar surface area (TPSA) is 84.5 Å². The lowest BCUT2D eigenvalue weighted by Crippen LogP contribution is -2.45. The molecule has 0 atom stereocenters. The molecule has 2 aromatic heterocycles. The molecule has 0 fully saturated rings. The normalized spacial score (nSPS) is 10.8. The third kappa shape index (κ3) is 4.50. The number of para-hydroxylation sites is 4. The van der Waals surface area contributed by atoms with E-state index in [2.05, 4.69) is 5.43 Å². The molecular formula is C27H24N10+2. The molecule has 0 aliphatic carbocycles. The largest absolute Gasteiger partial charge is 0.435 e.